The standard InChI is InChI=1S/C7H12N4O/c1-7(9,4-2-3-4)5-10-6(8)11-12-5/h4H,2-3,9H2,1H3,(H2,8,11). The van der Waals surface area contributed by atoms with E-state index >= 15 is 0 Å². The van der Waals surface area contributed by atoms with E-state index in [2.05, 4.69) is 10.1 Å². The minimum Gasteiger partial charge on any atom is -0.365 e. The molecule has 0 saturated heterocycles. The maximum atomic E-state index is 6.00. The Morgan fingerprint density at radius 2 is 2.25 bits per heavy atom. The zero-order chi connectivity index (χ0) is 8.77. The lowest BCUT2D eigenvalue weighted by Gasteiger charge is -2.18. The Morgan fingerprint density at radius 3 is 2.67 bits per heavy atom. The van der Waals surface area contributed by atoms with Gasteiger partial charge in [0.25, 0.3) is 5.95 Å². The Balaban J connectivity index is 2.27. The fourth-order valence-corrected chi connectivity index (χ4v) is 1.31. The van der Waals surface area contributed by atoms with Gasteiger partial charge in [-0.3, -0.25) is 0 Å². The van der Waals surface area contributed by atoms with Gasteiger partial charge in [-0.15, -0.1) is 0 Å². The SMILES string of the molecule is CC(N)(c1nc(N)no1)C1CC1. The number of nitrogen functional groups attached to an aromatic ring is 1. The first-order chi connectivity index (χ1) is 5.60. The summed E-state index contributed by atoms with van der Waals surface area (Å²) in [5.74, 6) is 1.07. The third-order valence-electron chi connectivity index (χ3n) is 2.33. The van der Waals surface area contributed by atoms with Crippen LogP contribution >= 0.6 is 0 Å². The monoisotopic (exact) mass is 168 g/mol. The molecule has 66 valence electrons. The van der Waals surface area contributed by atoms with E-state index in [4.69, 9.17) is 16.0 Å². The van der Waals surface area contributed by atoms with E-state index in [0.29, 0.717) is 11.8 Å². The van der Waals surface area contributed by atoms with Gasteiger partial charge in [0.2, 0.25) is 5.89 Å². The number of aromatic nitrogens is 2. The van der Waals surface area contributed by atoms with E-state index in [1.54, 1.807) is 0 Å². The van der Waals surface area contributed by atoms with Crippen LogP contribution in [0.15, 0.2) is 4.52 Å². The van der Waals surface area contributed by atoms with Crippen molar-refractivity contribution in [2.24, 2.45) is 11.7 Å². The number of rotatable bonds is 2. The highest BCUT2D eigenvalue weighted by Gasteiger charge is 2.43. The summed E-state index contributed by atoms with van der Waals surface area (Å²) in [6.45, 7) is 1.90. The largest absolute Gasteiger partial charge is 0.365 e. The third-order valence-corrected chi connectivity index (χ3v) is 2.33. The molecule has 1 aliphatic carbocycles. The Bertz CT molecular complexity index is 289. The molecule has 2 rings (SSSR count). The van der Waals surface area contributed by atoms with Crippen molar-refractivity contribution in [1.82, 2.24) is 10.1 Å². The molecule has 1 saturated carbocycles. The van der Waals surface area contributed by atoms with Crippen molar-refractivity contribution >= 4 is 5.95 Å². The molecule has 1 aromatic heterocycles. The van der Waals surface area contributed by atoms with Gasteiger partial charge < -0.3 is 16.0 Å². The van der Waals surface area contributed by atoms with Gasteiger partial charge in [-0.1, -0.05) is 0 Å². The fraction of sp³-hybridized carbons (Fsp3) is 0.714. The average Bonchev–Trinajstić information content (AvgIpc) is 2.75. The number of nitrogens with zero attached hydrogens (tertiary/aromatic N) is 2. The predicted octanol–water partition coefficient (Wildman–Crippen LogP) is 0.236. The second kappa shape index (κ2) is 2.20. The Morgan fingerprint density at radius 1 is 1.58 bits per heavy atom. The minimum absolute atomic E-state index is 0.155. The highest BCUT2D eigenvalue weighted by atomic mass is 16.5. The number of anilines is 1. The molecule has 5 heteroatoms. The zero-order valence-electron chi connectivity index (χ0n) is 6.95. The molecule has 0 spiro atoms. The van der Waals surface area contributed by atoms with E-state index in [1.807, 2.05) is 6.92 Å². The van der Waals surface area contributed by atoms with Crippen LogP contribution in [-0.2, 0) is 5.54 Å². The third kappa shape index (κ3) is 1.06. The predicted molar refractivity (Wildman–Crippen MR) is 43.0 cm³/mol. The Kier molecular flexibility index (Phi) is 1.38. The van der Waals surface area contributed by atoms with Crippen LogP contribution in [0.3, 0.4) is 0 Å². The van der Waals surface area contributed by atoms with Crippen molar-refractivity contribution in [2.45, 2.75) is 25.3 Å². The van der Waals surface area contributed by atoms with Gasteiger partial charge in [0, 0.05) is 0 Å². The number of hydrogen-bond acceptors (Lipinski definition) is 5. The maximum absolute atomic E-state index is 6.00. The average molecular weight is 168 g/mol. The van der Waals surface area contributed by atoms with Crippen LogP contribution in [0.4, 0.5) is 5.95 Å². The minimum atomic E-state index is -0.495. The van der Waals surface area contributed by atoms with E-state index in [0.717, 1.165) is 12.8 Å². The normalized spacial score (nSPS) is 22.2. The molecule has 1 aromatic rings. The van der Waals surface area contributed by atoms with E-state index in [9.17, 15) is 0 Å². The lowest BCUT2D eigenvalue weighted by Crippen LogP contribution is -2.35. The van der Waals surface area contributed by atoms with Crippen LogP contribution in [0.25, 0.3) is 0 Å². The molecule has 0 aliphatic heterocycles. The zero-order valence-corrected chi connectivity index (χ0v) is 6.95. The van der Waals surface area contributed by atoms with Crippen molar-refractivity contribution in [1.29, 1.82) is 0 Å². The lowest BCUT2D eigenvalue weighted by atomic mass is 9.97. The van der Waals surface area contributed by atoms with E-state index < -0.39 is 5.54 Å². The molecule has 0 aromatic carbocycles. The number of nitrogens with two attached hydrogens (primary N) is 2. The molecule has 1 heterocycles. The molecule has 5 nitrogen and oxygen atoms in total. The van der Waals surface area contributed by atoms with E-state index in [1.165, 1.54) is 0 Å². The quantitative estimate of drug-likeness (QED) is 0.659. The van der Waals surface area contributed by atoms with Gasteiger partial charge in [-0.05, 0) is 30.8 Å². The fourth-order valence-electron chi connectivity index (χ4n) is 1.31. The van der Waals surface area contributed by atoms with Crippen molar-refractivity contribution < 1.29 is 4.52 Å². The smallest absolute Gasteiger partial charge is 0.260 e. The van der Waals surface area contributed by atoms with Crippen molar-refractivity contribution in [2.75, 3.05) is 5.73 Å². The topological polar surface area (TPSA) is 91.0 Å². The Hall–Kier alpha value is -1.10. The van der Waals surface area contributed by atoms with Gasteiger partial charge in [0.1, 0.15) is 0 Å². The summed E-state index contributed by atoms with van der Waals surface area (Å²) < 4.78 is 4.92. The summed E-state index contributed by atoms with van der Waals surface area (Å²) in [6, 6.07) is 0. The molecule has 1 atom stereocenters. The van der Waals surface area contributed by atoms with Gasteiger partial charge in [0.15, 0.2) is 0 Å². The first-order valence-corrected chi connectivity index (χ1v) is 3.99. The number of hydrogen-bond donors (Lipinski definition) is 2. The summed E-state index contributed by atoms with van der Waals surface area (Å²) in [7, 11) is 0. The van der Waals surface area contributed by atoms with Crippen LogP contribution in [-0.4, -0.2) is 10.1 Å². The molecular weight excluding hydrogens is 156 g/mol. The van der Waals surface area contributed by atoms with Crippen LogP contribution in [0.1, 0.15) is 25.7 Å². The molecule has 1 fully saturated rings. The summed E-state index contributed by atoms with van der Waals surface area (Å²) in [5.41, 5.74) is 10.8. The molecule has 4 N–H and O–H groups in total. The van der Waals surface area contributed by atoms with Crippen LogP contribution in [0, 0.1) is 5.92 Å². The van der Waals surface area contributed by atoms with Crippen molar-refractivity contribution in [3.05, 3.63) is 5.89 Å². The van der Waals surface area contributed by atoms with Gasteiger partial charge in [0.05, 0.1) is 5.54 Å². The highest BCUT2D eigenvalue weighted by molar-refractivity contribution is 5.16. The molecule has 1 aliphatic rings. The van der Waals surface area contributed by atoms with Crippen LogP contribution < -0.4 is 11.5 Å². The first-order valence-electron chi connectivity index (χ1n) is 3.99. The van der Waals surface area contributed by atoms with Gasteiger partial charge in [-0.25, -0.2) is 0 Å². The molecular formula is C7H12N4O. The summed E-state index contributed by atoms with van der Waals surface area (Å²) in [5, 5.41) is 3.50. The lowest BCUT2D eigenvalue weighted by molar-refractivity contribution is 0.273. The second-order valence-electron chi connectivity index (χ2n) is 3.51. The van der Waals surface area contributed by atoms with E-state index in [-0.39, 0.29) is 5.95 Å². The van der Waals surface area contributed by atoms with Crippen molar-refractivity contribution in [3.8, 4) is 0 Å². The molecule has 12 heavy (non-hydrogen) atoms. The van der Waals surface area contributed by atoms with Crippen molar-refractivity contribution in [3.63, 3.8) is 0 Å². The van der Waals surface area contributed by atoms with Crippen LogP contribution in [0.2, 0.25) is 0 Å². The highest BCUT2D eigenvalue weighted by Crippen LogP contribution is 2.43. The molecule has 0 radical (unpaired) electrons. The van der Waals surface area contributed by atoms with Gasteiger partial charge in [-0.2, -0.15) is 4.98 Å². The first kappa shape index (κ1) is 7.54. The Labute approximate surface area is 70.1 Å². The summed E-state index contributed by atoms with van der Waals surface area (Å²) in [4.78, 5) is 3.92. The maximum Gasteiger partial charge on any atom is 0.260 e. The molecule has 1 unspecified atom stereocenters. The molecule has 0 amide bonds. The summed E-state index contributed by atoms with van der Waals surface area (Å²) >= 11 is 0. The second-order valence-corrected chi connectivity index (χ2v) is 3.51. The van der Waals surface area contributed by atoms with Gasteiger partial charge >= 0.3 is 0 Å². The summed E-state index contributed by atoms with van der Waals surface area (Å²) in [6.07, 6.45) is 2.27. The van der Waals surface area contributed by atoms with Crippen LogP contribution in [0.5, 0.6) is 0 Å². The molecule has 0 bridgehead atoms.